The van der Waals surface area contributed by atoms with Gasteiger partial charge in [0, 0.05) is 31.2 Å². The molecule has 2 rings (SSSR count). The number of guanidine groups is 1. The summed E-state index contributed by atoms with van der Waals surface area (Å²) in [5.41, 5.74) is 0.539. The molecule has 7 nitrogen and oxygen atoms in total. The zero-order chi connectivity index (χ0) is 18.4. The van der Waals surface area contributed by atoms with Crippen LogP contribution >= 0.6 is 0 Å². The van der Waals surface area contributed by atoms with Crippen LogP contribution in [0.4, 0.5) is 5.69 Å². The lowest BCUT2D eigenvalue weighted by Crippen LogP contribution is -2.44. The van der Waals surface area contributed by atoms with E-state index in [-0.39, 0.29) is 11.3 Å². The van der Waals surface area contributed by atoms with Crippen molar-refractivity contribution in [3.8, 4) is 0 Å². The molecule has 0 atom stereocenters. The Morgan fingerprint density at radius 2 is 2.08 bits per heavy atom. The van der Waals surface area contributed by atoms with E-state index >= 15 is 0 Å². The molecule has 2 heterocycles. The van der Waals surface area contributed by atoms with Crippen LogP contribution in [0.3, 0.4) is 0 Å². The highest BCUT2D eigenvalue weighted by atomic mass is 16.2. The number of hydrogen-bond donors (Lipinski definition) is 1. The molecule has 0 saturated carbocycles. The Morgan fingerprint density at radius 3 is 2.64 bits per heavy atom. The Morgan fingerprint density at radius 1 is 1.40 bits per heavy atom. The van der Waals surface area contributed by atoms with Gasteiger partial charge in [-0.3, -0.25) is 14.5 Å². The van der Waals surface area contributed by atoms with Crippen LogP contribution in [0.5, 0.6) is 0 Å². The predicted octanol–water partition coefficient (Wildman–Crippen LogP) is 2.97. The summed E-state index contributed by atoms with van der Waals surface area (Å²) in [5.74, 6) is 0.745. The molecule has 0 bridgehead atoms. The Balaban J connectivity index is 1.93. The number of nitrogens with zero attached hydrogens (tertiary/aromatic N) is 5. The first-order chi connectivity index (χ1) is 11.8. The molecule has 1 aromatic heterocycles. The lowest BCUT2D eigenvalue weighted by atomic mass is 9.93. The lowest BCUT2D eigenvalue weighted by Gasteiger charge is -2.35. The maximum atomic E-state index is 12.4. The van der Waals surface area contributed by atoms with Gasteiger partial charge in [0.15, 0.2) is 0 Å². The van der Waals surface area contributed by atoms with Crippen LogP contribution in [0.15, 0.2) is 22.4 Å². The van der Waals surface area contributed by atoms with Gasteiger partial charge in [0.1, 0.15) is 0 Å². The minimum Gasteiger partial charge on any atom is -0.342 e. The largest absolute Gasteiger partial charge is 0.342 e. The fourth-order valence-corrected chi connectivity index (χ4v) is 2.89. The number of carbonyl (C=O) groups is 1. The molecule has 1 aromatic rings. The number of aliphatic imine (C=N–C) groups is 2. The molecular formula is C18H30N6O. The van der Waals surface area contributed by atoms with E-state index in [0.717, 1.165) is 44.6 Å². The highest BCUT2D eigenvalue weighted by molar-refractivity contribution is 5.96. The van der Waals surface area contributed by atoms with Crippen molar-refractivity contribution in [2.45, 2.75) is 53.0 Å². The molecule has 1 fully saturated rings. The minimum atomic E-state index is -0.318. The van der Waals surface area contributed by atoms with Gasteiger partial charge in [-0.1, -0.05) is 27.7 Å². The average Bonchev–Trinajstić information content (AvgIpc) is 3.05. The van der Waals surface area contributed by atoms with Crippen molar-refractivity contribution in [2.24, 2.45) is 15.4 Å². The summed E-state index contributed by atoms with van der Waals surface area (Å²) in [6.07, 6.45) is 6.54. The number of anilines is 1. The number of aromatic nitrogens is 2. The van der Waals surface area contributed by atoms with Crippen molar-refractivity contribution in [3.05, 3.63) is 12.4 Å². The van der Waals surface area contributed by atoms with Crippen LogP contribution in [-0.4, -0.2) is 52.9 Å². The van der Waals surface area contributed by atoms with Gasteiger partial charge in [-0.05, 0) is 26.0 Å². The first kappa shape index (κ1) is 19.1. The Bertz CT molecular complexity index is 620. The molecule has 7 heteroatoms. The van der Waals surface area contributed by atoms with Gasteiger partial charge in [-0.2, -0.15) is 5.10 Å². The van der Waals surface area contributed by atoms with Crippen molar-refractivity contribution >= 4 is 24.3 Å². The van der Waals surface area contributed by atoms with Gasteiger partial charge in [0.25, 0.3) is 0 Å². The normalized spacial score (nSPS) is 16.8. The van der Waals surface area contributed by atoms with Crippen LogP contribution in [0.2, 0.25) is 0 Å². The van der Waals surface area contributed by atoms with Gasteiger partial charge >= 0.3 is 0 Å². The molecule has 1 aliphatic heterocycles. The van der Waals surface area contributed by atoms with Crippen molar-refractivity contribution in [1.29, 1.82) is 0 Å². The number of rotatable bonds is 4. The fraction of sp³-hybridized carbons (Fsp3) is 0.667. The third-order valence-electron chi connectivity index (χ3n) is 4.26. The van der Waals surface area contributed by atoms with Gasteiger partial charge in [-0.25, -0.2) is 4.99 Å². The summed E-state index contributed by atoms with van der Waals surface area (Å²) in [4.78, 5) is 22.6. The van der Waals surface area contributed by atoms with Crippen LogP contribution in [0.1, 0.15) is 53.0 Å². The van der Waals surface area contributed by atoms with E-state index in [9.17, 15) is 4.79 Å². The number of likely N-dealkylation sites (tertiary alicyclic amines) is 1. The third-order valence-corrected chi connectivity index (χ3v) is 4.26. The molecule has 1 aliphatic rings. The predicted molar refractivity (Wildman–Crippen MR) is 102 cm³/mol. The van der Waals surface area contributed by atoms with E-state index in [4.69, 9.17) is 0 Å². The van der Waals surface area contributed by atoms with Gasteiger partial charge in [0.05, 0.1) is 17.9 Å². The summed E-state index contributed by atoms with van der Waals surface area (Å²) < 4.78 is 1.97. The molecule has 0 aromatic carbocycles. The van der Waals surface area contributed by atoms with Crippen molar-refractivity contribution in [1.82, 2.24) is 14.7 Å². The number of nitrogens with one attached hydrogen (secondary N) is 1. The molecule has 1 saturated heterocycles. The van der Waals surface area contributed by atoms with Crippen molar-refractivity contribution in [2.75, 3.05) is 25.0 Å². The van der Waals surface area contributed by atoms with Crippen molar-refractivity contribution < 1.29 is 4.79 Å². The molecule has 1 N–H and O–H groups in total. The quantitative estimate of drug-likeness (QED) is 0.673. The molecule has 0 aliphatic carbocycles. The second kappa shape index (κ2) is 8.27. The number of hydrogen-bond acceptors (Lipinski definition) is 3. The van der Waals surface area contributed by atoms with E-state index < -0.39 is 0 Å². The lowest BCUT2D eigenvalue weighted by molar-refractivity contribution is -0.140. The number of amides is 1. The molecule has 25 heavy (non-hydrogen) atoms. The summed E-state index contributed by atoms with van der Waals surface area (Å²) in [5, 5.41) is 7.60. The maximum Gasteiger partial charge on any atom is 0.227 e. The summed E-state index contributed by atoms with van der Waals surface area (Å²) >= 11 is 0. The highest BCUT2D eigenvalue weighted by Crippen LogP contribution is 2.26. The monoisotopic (exact) mass is 346 g/mol. The fourth-order valence-electron chi connectivity index (χ4n) is 2.89. The standard InChI is InChI=1S/C18H30N6O/c1-6-9-20-17(19-5)22-14-12-21-24(13-14)15-7-10-23(11-8-15)16(25)18(2,3)4/h12-13,15H,5-11H2,1-4H3,(H,20,22). The summed E-state index contributed by atoms with van der Waals surface area (Å²) in [7, 11) is 0. The van der Waals surface area contributed by atoms with E-state index in [1.165, 1.54) is 0 Å². The van der Waals surface area contributed by atoms with Crippen LogP contribution < -0.4 is 5.32 Å². The highest BCUT2D eigenvalue weighted by Gasteiger charge is 2.30. The zero-order valence-electron chi connectivity index (χ0n) is 15.8. The number of piperidine rings is 1. The smallest absolute Gasteiger partial charge is 0.227 e. The summed E-state index contributed by atoms with van der Waals surface area (Å²) in [6, 6.07) is 0.312. The molecule has 138 valence electrons. The SMILES string of the molecule is C=N/C(=N\CCC)Nc1cnn(C2CCN(C(=O)C(C)(C)C)CC2)c1. The Hall–Kier alpha value is -2.18. The van der Waals surface area contributed by atoms with E-state index in [1.807, 2.05) is 36.5 Å². The van der Waals surface area contributed by atoms with Crippen LogP contribution in [0, 0.1) is 5.41 Å². The van der Waals surface area contributed by atoms with Crippen LogP contribution in [0.25, 0.3) is 0 Å². The van der Waals surface area contributed by atoms with E-state index in [0.29, 0.717) is 12.0 Å². The van der Waals surface area contributed by atoms with Crippen LogP contribution in [-0.2, 0) is 4.79 Å². The summed E-state index contributed by atoms with van der Waals surface area (Å²) in [6.45, 7) is 13.8. The number of carbonyl (C=O) groups excluding carboxylic acids is 1. The Kier molecular flexibility index (Phi) is 6.33. The minimum absolute atomic E-state index is 0.225. The van der Waals surface area contributed by atoms with E-state index in [1.54, 1.807) is 6.20 Å². The first-order valence-corrected chi connectivity index (χ1v) is 8.97. The second-order valence-corrected chi connectivity index (χ2v) is 7.47. The van der Waals surface area contributed by atoms with E-state index in [2.05, 4.69) is 34.0 Å². The molecule has 1 amide bonds. The first-order valence-electron chi connectivity index (χ1n) is 8.97. The molecule has 0 spiro atoms. The average molecular weight is 346 g/mol. The topological polar surface area (TPSA) is 74.9 Å². The maximum absolute atomic E-state index is 12.4. The second-order valence-electron chi connectivity index (χ2n) is 7.47. The zero-order valence-corrected chi connectivity index (χ0v) is 15.8. The van der Waals surface area contributed by atoms with Gasteiger partial charge < -0.3 is 10.2 Å². The third kappa shape index (κ3) is 5.14. The Labute approximate surface area is 150 Å². The molecule has 0 unspecified atom stereocenters. The molecular weight excluding hydrogens is 316 g/mol. The van der Waals surface area contributed by atoms with Gasteiger partial charge in [0.2, 0.25) is 11.9 Å². The van der Waals surface area contributed by atoms with Gasteiger partial charge in [-0.15, -0.1) is 0 Å². The van der Waals surface area contributed by atoms with Crippen molar-refractivity contribution in [3.63, 3.8) is 0 Å². The molecule has 0 radical (unpaired) electrons.